The van der Waals surface area contributed by atoms with Gasteiger partial charge in [0.05, 0.1) is 23.3 Å². The van der Waals surface area contributed by atoms with Crippen LogP contribution in [0.2, 0.25) is 0 Å². The Kier molecular flexibility index (Phi) is 5.13. The summed E-state index contributed by atoms with van der Waals surface area (Å²) in [6, 6.07) is 19.7. The highest BCUT2D eigenvalue weighted by Crippen LogP contribution is 2.45. The minimum absolute atomic E-state index is 0.0380. The topological polar surface area (TPSA) is 51.6 Å². The summed E-state index contributed by atoms with van der Waals surface area (Å²) in [5.74, 6) is 0.231. The van der Waals surface area contributed by atoms with Crippen molar-refractivity contribution in [3.8, 4) is 5.75 Å². The molecule has 0 radical (unpaired) electrons. The Bertz CT molecular complexity index is 1240. The monoisotopic (exact) mass is 456 g/mol. The number of anilines is 2. The van der Waals surface area contributed by atoms with Crippen LogP contribution in [0.25, 0.3) is 5.57 Å². The van der Waals surface area contributed by atoms with Crippen LogP contribution in [0.4, 0.5) is 11.4 Å². The lowest BCUT2D eigenvalue weighted by Gasteiger charge is -2.41. The highest BCUT2D eigenvalue weighted by molar-refractivity contribution is 7.80. The van der Waals surface area contributed by atoms with E-state index in [1.165, 1.54) is 16.8 Å². The van der Waals surface area contributed by atoms with E-state index in [9.17, 15) is 5.11 Å². The van der Waals surface area contributed by atoms with Crippen LogP contribution < -0.4 is 15.1 Å². The molecule has 1 aromatic heterocycles. The predicted molar refractivity (Wildman–Crippen MR) is 139 cm³/mol. The van der Waals surface area contributed by atoms with Crippen LogP contribution in [0.5, 0.6) is 5.75 Å². The fourth-order valence-corrected chi connectivity index (χ4v) is 5.29. The number of hydrogen-bond donors (Lipinski definition) is 2. The Balaban J connectivity index is 1.65. The number of benzene rings is 2. The van der Waals surface area contributed by atoms with Crippen molar-refractivity contribution in [3.63, 3.8) is 0 Å². The molecule has 2 N–H and O–H groups in total. The smallest absolute Gasteiger partial charge is 0.174 e. The van der Waals surface area contributed by atoms with Crippen molar-refractivity contribution in [1.29, 1.82) is 0 Å². The summed E-state index contributed by atoms with van der Waals surface area (Å²) in [6.07, 6.45) is 4.14. The number of hydrogen-bond acceptors (Lipinski definition) is 4. The molecule has 0 aliphatic carbocycles. The van der Waals surface area contributed by atoms with Gasteiger partial charge in [0.25, 0.3) is 0 Å². The molecule has 1 saturated heterocycles. The number of phenols is 1. The molecule has 6 heteroatoms. The molecule has 168 valence electrons. The first-order valence-corrected chi connectivity index (χ1v) is 11.5. The number of fused-ring (bicyclic) bond motifs is 1. The Morgan fingerprint density at radius 3 is 2.52 bits per heavy atom. The SMILES string of the molecule is CC1=CC(C)(C)N(C)c2ccc([C@@H]3[C@H](c4ccccn4)NC(=S)N3c3ccc(O)cc3)cc21. The molecular formula is C27H28N4OS. The van der Waals surface area contributed by atoms with E-state index in [1.807, 2.05) is 36.5 Å². The molecule has 2 aliphatic rings. The van der Waals surface area contributed by atoms with Gasteiger partial charge < -0.3 is 20.2 Å². The van der Waals surface area contributed by atoms with Gasteiger partial charge in [-0.15, -0.1) is 0 Å². The van der Waals surface area contributed by atoms with Crippen LogP contribution in [0.3, 0.4) is 0 Å². The van der Waals surface area contributed by atoms with Crippen molar-refractivity contribution in [2.24, 2.45) is 0 Å². The first-order chi connectivity index (χ1) is 15.8. The summed E-state index contributed by atoms with van der Waals surface area (Å²) >= 11 is 5.81. The number of phenolic OH excluding ortho intramolecular Hbond substituents is 1. The quantitative estimate of drug-likeness (QED) is 0.501. The average molecular weight is 457 g/mol. The van der Waals surface area contributed by atoms with E-state index in [-0.39, 0.29) is 23.4 Å². The second kappa shape index (κ2) is 7.89. The fourth-order valence-electron chi connectivity index (χ4n) is 4.95. The van der Waals surface area contributed by atoms with Gasteiger partial charge in [0.15, 0.2) is 5.11 Å². The van der Waals surface area contributed by atoms with Gasteiger partial charge >= 0.3 is 0 Å². The lowest BCUT2D eigenvalue weighted by atomic mass is 9.86. The summed E-state index contributed by atoms with van der Waals surface area (Å²) in [5.41, 5.74) is 6.72. The number of nitrogens with one attached hydrogen (secondary N) is 1. The molecule has 3 heterocycles. The fraction of sp³-hybridized carbons (Fsp3) is 0.259. The number of rotatable bonds is 3. The zero-order valence-corrected chi connectivity index (χ0v) is 20.1. The second-order valence-electron chi connectivity index (χ2n) is 9.33. The van der Waals surface area contributed by atoms with E-state index in [0.717, 1.165) is 16.9 Å². The largest absolute Gasteiger partial charge is 0.508 e. The third-order valence-electron chi connectivity index (χ3n) is 6.81. The third-order valence-corrected chi connectivity index (χ3v) is 7.12. The Morgan fingerprint density at radius 2 is 1.82 bits per heavy atom. The van der Waals surface area contributed by atoms with Crippen molar-refractivity contribution >= 4 is 34.3 Å². The van der Waals surface area contributed by atoms with Crippen molar-refractivity contribution in [3.05, 3.63) is 89.8 Å². The average Bonchev–Trinajstić information content (AvgIpc) is 3.15. The molecule has 2 aliphatic heterocycles. The number of thiocarbonyl (C=S) groups is 1. The van der Waals surface area contributed by atoms with E-state index in [0.29, 0.717) is 5.11 Å². The number of nitrogens with zero attached hydrogens (tertiary/aromatic N) is 3. The van der Waals surface area contributed by atoms with Crippen molar-refractivity contribution in [2.75, 3.05) is 16.8 Å². The van der Waals surface area contributed by atoms with Gasteiger partial charge in [-0.25, -0.2) is 0 Å². The van der Waals surface area contributed by atoms with Crippen LogP contribution in [0.1, 0.15) is 49.7 Å². The van der Waals surface area contributed by atoms with Crippen molar-refractivity contribution in [1.82, 2.24) is 10.3 Å². The standard InChI is InChI=1S/C27H28N4OS/c1-17-16-27(2,3)30(4)23-13-8-18(15-21(17)23)25-24(22-7-5-6-14-28-22)29-26(33)31(25)19-9-11-20(32)12-10-19/h5-16,24-25,32H,1-4H3,(H,29,33)/t24-,25+/m0/s1. The maximum absolute atomic E-state index is 9.82. The van der Waals surface area contributed by atoms with Gasteiger partial charge in [-0.3, -0.25) is 4.98 Å². The minimum atomic E-state index is -0.104. The van der Waals surface area contributed by atoms with Gasteiger partial charge in [-0.1, -0.05) is 18.2 Å². The second-order valence-corrected chi connectivity index (χ2v) is 9.72. The Hall–Kier alpha value is -3.38. The maximum Gasteiger partial charge on any atom is 0.174 e. The van der Waals surface area contributed by atoms with Gasteiger partial charge in [-0.2, -0.15) is 0 Å². The molecule has 0 saturated carbocycles. The Labute approximate surface area is 200 Å². The number of aromatic hydroxyl groups is 1. The van der Waals surface area contributed by atoms with E-state index in [4.69, 9.17) is 12.2 Å². The van der Waals surface area contributed by atoms with Gasteiger partial charge in [0, 0.05) is 30.2 Å². The molecule has 0 unspecified atom stereocenters. The van der Waals surface area contributed by atoms with E-state index < -0.39 is 0 Å². The maximum atomic E-state index is 9.82. The highest BCUT2D eigenvalue weighted by atomic mass is 32.1. The van der Waals surface area contributed by atoms with Crippen LogP contribution in [-0.2, 0) is 0 Å². The van der Waals surface area contributed by atoms with E-state index in [2.05, 4.69) is 72.2 Å². The molecule has 2 atom stereocenters. The Morgan fingerprint density at radius 1 is 1.06 bits per heavy atom. The van der Waals surface area contributed by atoms with Crippen molar-refractivity contribution < 1.29 is 5.11 Å². The van der Waals surface area contributed by atoms with Gasteiger partial charge in [0.2, 0.25) is 0 Å². The number of allylic oxidation sites excluding steroid dienone is 1. The van der Waals surface area contributed by atoms with Gasteiger partial charge in [-0.05, 0) is 92.7 Å². The molecule has 5 nitrogen and oxygen atoms in total. The molecule has 0 spiro atoms. The number of pyridine rings is 1. The normalized spacial score (nSPS) is 21.5. The van der Waals surface area contributed by atoms with E-state index in [1.54, 1.807) is 12.1 Å². The number of likely N-dealkylation sites (N-methyl/N-ethyl adjacent to an activating group) is 1. The van der Waals surface area contributed by atoms with Crippen LogP contribution in [0.15, 0.2) is 72.9 Å². The summed E-state index contributed by atoms with van der Waals surface area (Å²) in [4.78, 5) is 9.09. The molecule has 33 heavy (non-hydrogen) atoms. The summed E-state index contributed by atoms with van der Waals surface area (Å²) in [6.45, 7) is 6.65. The third kappa shape index (κ3) is 3.64. The van der Waals surface area contributed by atoms with Crippen LogP contribution in [-0.4, -0.2) is 27.8 Å². The highest BCUT2D eigenvalue weighted by Gasteiger charge is 2.41. The minimum Gasteiger partial charge on any atom is -0.508 e. The lowest BCUT2D eigenvalue weighted by Crippen LogP contribution is -2.42. The zero-order chi connectivity index (χ0) is 23.3. The number of aromatic nitrogens is 1. The van der Waals surface area contributed by atoms with Crippen molar-refractivity contribution in [2.45, 2.75) is 38.4 Å². The van der Waals surface area contributed by atoms with Gasteiger partial charge in [0.1, 0.15) is 5.75 Å². The first kappa shape index (κ1) is 21.5. The molecule has 1 fully saturated rings. The molecule has 5 rings (SSSR count). The van der Waals surface area contributed by atoms with Crippen LogP contribution in [0, 0.1) is 0 Å². The molecule has 0 bridgehead atoms. The molecule has 2 aromatic carbocycles. The molecule has 0 amide bonds. The zero-order valence-electron chi connectivity index (χ0n) is 19.3. The van der Waals surface area contributed by atoms with E-state index >= 15 is 0 Å². The first-order valence-electron chi connectivity index (χ1n) is 11.1. The molecular weight excluding hydrogens is 428 g/mol. The summed E-state index contributed by atoms with van der Waals surface area (Å²) in [5, 5.41) is 14.0. The lowest BCUT2D eigenvalue weighted by molar-refractivity contribution is 0.475. The molecule has 3 aromatic rings. The summed E-state index contributed by atoms with van der Waals surface area (Å²) < 4.78 is 0. The summed E-state index contributed by atoms with van der Waals surface area (Å²) in [7, 11) is 2.15. The van der Waals surface area contributed by atoms with Crippen LogP contribution >= 0.6 is 12.2 Å². The predicted octanol–water partition coefficient (Wildman–Crippen LogP) is 5.60.